The van der Waals surface area contributed by atoms with Crippen molar-refractivity contribution in [1.29, 1.82) is 0 Å². The van der Waals surface area contributed by atoms with Crippen LogP contribution in [0.2, 0.25) is 0 Å². The summed E-state index contributed by atoms with van der Waals surface area (Å²) in [5.41, 5.74) is 0. The minimum atomic E-state index is -0.272. The smallest absolute Gasteiger partial charge is 0.306 e. The molecule has 1 saturated heterocycles. The molecule has 3 rings (SSSR count). The van der Waals surface area contributed by atoms with Gasteiger partial charge >= 0.3 is 11.9 Å². The van der Waals surface area contributed by atoms with E-state index in [0.717, 1.165) is 12.8 Å². The van der Waals surface area contributed by atoms with E-state index in [0.29, 0.717) is 24.2 Å². The van der Waals surface area contributed by atoms with Crippen molar-refractivity contribution in [3.8, 4) is 0 Å². The highest BCUT2D eigenvalue weighted by Gasteiger charge is 2.58. The molecule has 3 fully saturated rings. The summed E-state index contributed by atoms with van der Waals surface area (Å²) < 4.78 is 10.6. The van der Waals surface area contributed by atoms with Crippen LogP contribution in [0.5, 0.6) is 0 Å². The summed E-state index contributed by atoms with van der Waals surface area (Å²) >= 11 is 0. The van der Waals surface area contributed by atoms with Crippen molar-refractivity contribution in [2.75, 3.05) is 0 Å². The van der Waals surface area contributed by atoms with Crippen LogP contribution in [0.4, 0.5) is 0 Å². The van der Waals surface area contributed by atoms with Gasteiger partial charge in [-0.05, 0) is 18.8 Å². The normalized spacial score (nSPS) is 46.5. The Bertz CT molecular complexity index is 323. The van der Waals surface area contributed by atoms with Crippen LogP contribution in [0.15, 0.2) is 0 Å². The Morgan fingerprint density at radius 2 is 2.20 bits per heavy atom. The number of ether oxygens (including phenoxy) is 2. The van der Waals surface area contributed by atoms with Gasteiger partial charge in [-0.1, -0.05) is 0 Å². The third-order valence-electron chi connectivity index (χ3n) is 3.99. The molecule has 5 unspecified atom stereocenters. The van der Waals surface area contributed by atoms with Gasteiger partial charge < -0.3 is 9.47 Å². The maximum atomic E-state index is 11.3. The maximum absolute atomic E-state index is 11.3. The van der Waals surface area contributed by atoms with Crippen LogP contribution in [0, 0.1) is 17.8 Å². The number of esters is 2. The summed E-state index contributed by atoms with van der Waals surface area (Å²) in [4.78, 5) is 22.3. The van der Waals surface area contributed by atoms with Gasteiger partial charge in [0.1, 0.15) is 12.2 Å². The Balaban J connectivity index is 1.82. The molecule has 82 valence electrons. The molecule has 15 heavy (non-hydrogen) atoms. The first kappa shape index (κ1) is 9.19. The third-order valence-corrected chi connectivity index (χ3v) is 3.99. The molecule has 0 aromatic carbocycles. The molecule has 0 spiro atoms. The molecule has 3 aliphatic rings. The van der Waals surface area contributed by atoms with E-state index in [4.69, 9.17) is 9.47 Å². The monoisotopic (exact) mass is 210 g/mol. The van der Waals surface area contributed by atoms with Gasteiger partial charge in [-0.3, -0.25) is 9.59 Å². The van der Waals surface area contributed by atoms with Gasteiger partial charge in [0, 0.05) is 25.2 Å². The van der Waals surface area contributed by atoms with Crippen molar-refractivity contribution in [2.45, 2.75) is 38.4 Å². The molecule has 5 atom stereocenters. The first-order chi connectivity index (χ1) is 7.15. The van der Waals surface area contributed by atoms with Gasteiger partial charge in [0.25, 0.3) is 0 Å². The Kier molecular flexibility index (Phi) is 1.82. The Labute approximate surface area is 87.9 Å². The number of hydrogen-bond acceptors (Lipinski definition) is 4. The lowest BCUT2D eigenvalue weighted by atomic mass is 9.81. The molecule has 2 saturated carbocycles. The van der Waals surface area contributed by atoms with E-state index < -0.39 is 0 Å². The van der Waals surface area contributed by atoms with E-state index in [2.05, 4.69) is 0 Å². The first-order valence-electron chi connectivity index (χ1n) is 5.52. The highest BCUT2D eigenvalue weighted by molar-refractivity contribution is 5.71. The van der Waals surface area contributed by atoms with Gasteiger partial charge in [0.15, 0.2) is 0 Å². The molecule has 0 aromatic rings. The first-order valence-corrected chi connectivity index (χ1v) is 5.52. The number of fused-ring (bicyclic) bond motifs is 1. The molecule has 2 aliphatic carbocycles. The zero-order chi connectivity index (χ0) is 10.6. The number of carbonyl (C=O) groups excluding carboxylic acids is 2. The molecular weight excluding hydrogens is 196 g/mol. The molecule has 1 aliphatic heterocycles. The summed E-state index contributed by atoms with van der Waals surface area (Å²) in [5.74, 6) is 0.941. The molecule has 4 nitrogen and oxygen atoms in total. The SMILES string of the molecule is CC(=O)OC1C2CC3CC(=O)OC1C3C2. The van der Waals surface area contributed by atoms with Crippen LogP contribution < -0.4 is 0 Å². The largest absolute Gasteiger partial charge is 0.458 e. The van der Waals surface area contributed by atoms with E-state index in [1.165, 1.54) is 6.92 Å². The fraction of sp³-hybridized carbons (Fsp3) is 0.818. The van der Waals surface area contributed by atoms with Crippen molar-refractivity contribution in [3.05, 3.63) is 0 Å². The van der Waals surface area contributed by atoms with Gasteiger partial charge in [-0.15, -0.1) is 0 Å². The molecular formula is C11H14O4. The summed E-state index contributed by atoms with van der Waals surface area (Å²) in [6.07, 6.45) is 2.31. The Morgan fingerprint density at radius 3 is 2.93 bits per heavy atom. The zero-order valence-corrected chi connectivity index (χ0v) is 8.64. The van der Waals surface area contributed by atoms with Crippen LogP contribution in [0.1, 0.15) is 26.2 Å². The number of carbonyl (C=O) groups is 2. The van der Waals surface area contributed by atoms with Gasteiger partial charge in [0.2, 0.25) is 0 Å². The van der Waals surface area contributed by atoms with Crippen molar-refractivity contribution in [3.63, 3.8) is 0 Å². The lowest BCUT2D eigenvalue weighted by Gasteiger charge is -2.38. The number of hydrogen-bond donors (Lipinski definition) is 0. The Hall–Kier alpha value is -1.06. The summed E-state index contributed by atoms with van der Waals surface area (Å²) in [5, 5.41) is 0. The van der Waals surface area contributed by atoms with Crippen molar-refractivity contribution in [1.82, 2.24) is 0 Å². The fourth-order valence-corrected chi connectivity index (χ4v) is 3.54. The summed E-state index contributed by atoms with van der Waals surface area (Å²) in [6, 6.07) is 0. The summed E-state index contributed by atoms with van der Waals surface area (Å²) in [6.45, 7) is 1.41. The standard InChI is InChI=1S/C11H14O4/c1-5(12)14-10-7-2-6-4-9(13)15-11(10)8(6)3-7/h6-8,10-11H,2-4H2,1H3. The molecule has 0 amide bonds. The van der Waals surface area contributed by atoms with Crippen molar-refractivity contribution >= 4 is 11.9 Å². The maximum Gasteiger partial charge on any atom is 0.306 e. The van der Waals surface area contributed by atoms with Crippen molar-refractivity contribution < 1.29 is 19.1 Å². The molecule has 2 bridgehead atoms. The van der Waals surface area contributed by atoms with Gasteiger partial charge in [0.05, 0.1) is 0 Å². The van der Waals surface area contributed by atoms with Crippen molar-refractivity contribution in [2.24, 2.45) is 17.8 Å². The van der Waals surface area contributed by atoms with E-state index in [-0.39, 0.29) is 24.1 Å². The fourth-order valence-electron chi connectivity index (χ4n) is 3.54. The van der Waals surface area contributed by atoms with Crippen LogP contribution in [0.25, 0.3) is 0 Å². The highest BCUT2D eigenvalue weighted by Crippen LogP contribution is 2.54. The molecule has 0 N–H and O–H groups in total. The van der Waals surface area contributed by atoms with E-state index in [1.807, 2.05) is 0 Å². The lowest BCUT2D eigenvalue weighted by Crippen LogP contribution is -2.46. The summed E-state index contributed by atoms with van der Waals surface area (Å²) in [7, 11) is 0. The second-order valence-corrected chi connectivity index (χ2v) is 4.89. The van der Waals surface area contributed by atoms with Crippen LogP contribution in [0.3, 0.4) is 0 Å². The van der Waals surface area contributed by atoms with Gasteiger partial charge in [-0.2, -0.15) is 0 Å². The van der Waals surface area contributed by atoms with Crippen LogP contribution in [-0.4, -0.2) is 24.1 Å². The quantitative estimate of drug-likeness (QED) is 0.603. The van der Waals surface area contributed by atoms with E-state index in [9.17, 15) is 9.59 Å². The average molecular weight is 210 g/mol. The molecule has 0 aromatic heterocycles. The van der Waals surface area contributed by atoms with E-state index >= 15 is 0 Å². The zero-order valence-electron chi connectivity index (χ0n) is 8.64. The topological polar surface area (TPSA) is 52.6 Å². The molecule has 4 heteroatoms. The Morgan fingerprint density at radius 1 is 1.40 bits per heavy atom. The minimum Gasteiger partial charge on any atom is -0.458 e. The molecule has 0 radical (unpaired) electrons. The second-order valence-electron chi connectivity index (χ2n) is 4.89. The number of rotatable bonds is 1. The van der Waals surface area contributed by atoms with Gasteiger partial charge in [-0.25, -0.2) is 0 Å². The van der Waals surface area contributed by atoms with Crippen LogP contribution >= 0.6 is 0 Å². The van der Waals surface area contributed by atoms with E-state index in [1.54, 1.807) is 0 Å². The van der Waals surface area contributed by atoms with Crippen LogP contribution in [-0.2, 0) is 19.1 Å². The lowest BCUT2D eigenvalue weighted by molar-refractivity contribution is -0.183. The molecule has 1 heterocycles. The third kappa shape index (κ3) is 1.27. The predicted octanol–water partition coefficient (Wildman–Crippen LogP) is 0.890. The second kappa shape index (κ2) is 2.97. The average Bonchev–Trinajstić information content (AvgIpc) is 2.65. The predicted molar refractivity (Wildman–Crippen MR) is 49.8 cm³/mol. The minimum absolute atomic E-state index is 0.126. The highest BCUT2D eigenvalue weighted by atomic mass is 16.6.